The van der Waals surface area contributed by atoms with Crippen LogP contribution in [0.3, 0.4) is 0 Å². The standard InChI is InChI=1S/C15H14N2O5S/c1-17-9-6-10-11(21-5-4-20-10)7-13(9)23-15(17)16-14(18)12-8-19-2-3-22-12/h6-8H,2-5H2,1H3. The number of fused-ring (bicyclic) bond motifs is 2. The summed E-state index contributed by atoms with van der Waals surface area (Å²) in [7, 11) is 1.85. The van der Waals surface area contributed by atoms with Crippen LogP contribution in [0.4, 0.5) is 0 Å². The molecule has 0 saturated heterocycles. The first-order valence-corrected chi connectivity index (χ1v) is 7.97. The van der Waals surface area contributed by atoms with Crippen LogP contribution in [0.15, 0.2) is 29.1 Å². The predicted octanol–water partition coefficient (Wildman–Crippen LogP) is 1.33. The van der Waals surface area contributed by atoms with Gasteiger partial charge in [0.15, 0.2) is 16.3 Å². The van der Waals surface area contributed by atoms with Crippen LogP contribution < -0.4 is 14.3 Å². The van der Waals surface area contributed by atoms with Gasteiger partial charge < -0.3 is 23.5 Å². The number of nitrogens with zero attached hydrogens (tertiary/aromatic N) is 2. The highest BCUT2D eigenvalue weighted by Crippen LogP contribution is 2.35. The van der Waals surface area contributed by atoms with Crippen molar-refractivity contribution >= 4 is 27.5 Å². The second-order valence-corrected chi connectivity index (χ2v) is 6.03. The molecule has 1 aromatic heterocycles. The summed E-state index contributed by atoms with van der Waals surface area (Å²) in [6.45, 7) is 1.87. The molecule has 1 amide bonds. The highest BCUT2D eigenvalue weighted by Gasteiger charge is 2.17. The maximum absolute atomic E-state index is 12.2. The number of rotatable bonds is 1. The lowest BCUT2D eigenvalue weighted by molar-refractivity contribution is -0.119. The maximum Gasteiger partial charge on any atom is 0.317 e. The first-order valence-electron chi connectivity index (χ1n) is 7.15. The van der Waals surface area contributed by atoms with Crippen LogP contribution in [0.2, 0.25) is 0 Å². The molecule has 3 heterocycles. The zero-order valence-corrected chi connectivity index (χ0v) is 13.2. The Kier molecular flexibility index (Phi) is 3.45. The summed E-state index contributed by atoms with van der Waals surface area (Å²) >= 11 is 1.41. The van der Waals surface area contributed by atoms with Crippen molar-refractivity contribution in [3.8, 4) is 11.5 Å². The van der Waals surface area contributed by atoms with Gasteiger partial charge in [-0.1, -0.05) is 11.3 Å². The number of benzene rings is 1. The lowest BCUT2D eigenvalue weighted by Gasteiger charge is -2.18. The van der Waals surface area contributed by atoms with Gasteiger partial charge in [0, 0.05) is 19.2 Å². The zero-order chi connectivity index (χ0) is 15.8. The average Bonchev–Trinajstić information content (AvgIpc) is 2.89. The van der Waals surface area contributed by atoms with Crippen LogP contribution >= 0.6 is 11.3 Å². The van der Waals surface area contributed by atoms with Gasteiger partial charge in [0.05, 0.1) is 10.2 Å². The Balaban J connectivity index is 1.78. The average molecular weight is 334 g/mol. The largest absolute Gasteiger partial charge is 0.494 e. The molecule has 0 unspecified atom stereocenters. The second kappa shape index (κ2) is 5.62. The Morgan fingerprint density at radius 1 is 1.13 bits per heavy atom. The molecule has 0 radical (unpaired) electrons. The summed E-state index contributed by atoms with van der Waals surface area (Å²) < 4.78 is 24.3. The summed E-state index contributed by atoms with van der Waals surface area (Å²) in [4.78, 5) is 16.9. The molecule has 8 heteroatoms. The SMILES string of the molecule is Cn1c(=NC(=O)C2=COCCO2)sc2cc3c(cc21)OCCO3. The van der Waals surface area contributed by atoms with Crippen molar-refractivity contribution in [2.24, 2.45) is 12.0 Å². The molecule has 120 valence electrons. The third kappa shape index (κ3) is 2.55. The first-order chi connectivity index (χ1) is 11.2. The van der Waals surface area contributed by atoms with E-state index in [2.05, 4.69) is 4.99 Å². The summed E-state index contributed by atoms with van der Waals surface area (Å²) in [5.74, 6) is 1.10. The van der Waals surface area contributed by atoms with Crippen molar-refractivity contribution in [2.45, 2.75) is 0 Å². The molecule has 23 heavy (non-hydrogen) atoms. The van der Waals surface area contributed by atoms with Gasteiger partial charge in [0.25, 0.3) is 0 Å². The van der Waals surface area contributed by atoms with Crippen LogP contribution in [0.5, 0.6) is 11.5 Å². The van der Waals surface area contributed by atoms with Crippen molar-refractivity contribution in [1.82, 2.24) is 4.57 Å². The van der Waals surface area contributed by atoms with Gasteiger partial charge >= 0.3 is 5.91 Å². The normalized spacial score (nSPS) is 17.4. The predicted molar refractivity (Wildman–Crippen MR) is 82.3 cm³/mol. The quantitative estimate of drug-likeness (QED) is 0.787. The van der Waals surface area contributed by atoms with E-state index in [1.165, 1.54) is 17.6 Å². The van der Waals surface area contributed by atoms with Gasteiger partial charge in [-0.25, -0.2) is 0 Å². The molecule has 0 bridgehead atoms. The van der Waals surface area contributed by atoms with Crippen molar-refractivity contribution in [3.05, 3.63) is 29.0 Å². The highest BCUT2D eigenvalue weighted by molar-refractivity contribution is 7.16. The van der Waals surface area contributed by atoms with E-state index in [0.29, 0.717) is 37.0 Å². The topological polar surface area (TPSA) is 71.3 Å². The van der Waals surface area contributed by atoms with Gasteiger partial charge in [-0.3, -0.25) is 4.79 Å². The minimum atomic E-state index is -0.455. The number of hydrogen-bond donors (Lipinski definition) is 0. The van der Waals surface area contributed by atoms with Crippen LogP contribution in [-0.4, -0.2) is 36.9 Å². The minimum Gasteiger partial charge on any atom is -0.494 e. The molecule has 0 spiro atoms. The van der Waals surface area contributed by atoms with E-state index in [1.54, 1.807) is 0 Å². The first kappa shape index (κ1) is 14.1. The fourth-order valence-electron chi connectivity index (χ4n) is 2.39. The molecule has 0 aliphatic carbocycles. The Morgan fingerprint density at radius 3 is 2.61 bits per heavy atom. The smallest absolute Gasteiger partial charge is 0.317 e. The lowest BCUT2D eigenvalue weighted by atomic mass is 10.3. The van der Waals surface area contributed by atoms with Gasteiger partial charge in [-0.15, -0.1) is 0 Å². The molecule has 0 atom stereocenters. The van der Waals surface area contributed by atoms with E-state index in [0.717, 1.165) is 16.0 Å². The molecule has 2 aromatic rings. The Hall–Kier alpha value is -2.48. The number of ether oxygens (including phenoxy) is 4. The highest BCUT2D eigenvalue weighted by atomic mass is 32.1. The molecule has 1 aromatic carbocycles. The Labute approximate surface area is 135 Å². The van der Waals surface area contributed by atoms with Crippen LogP contribution in [-0.2, 0) is 21.3 Å². The Bertz CT molecular complexity index is 880. The van der Waals surface area contributed by atoms with Gasteiger partial charge in [0.1, 0.15) is 32.7 Å². The minimum absolute atomic E-state index is 0.125. The Morgan fingerprint density at radius 2 is 1.87 bits per heavy atom. The van der Waals surface area contributed by atoms with Crippen LogP contribution in [0.1, 0.15) is 0 Å². The van der Waals surface area contributed by atoms with Gasteiger partial charge in [-0.05, 0) is 0 Å². The number of aryl methyl sites for hydroxylation is 1. The number of aromatic nitrogens is 1. The van der Waals surface area contributed by atoms with Crippen LogP contribution in [0, 0.1) is 0 Å². The fourth-order valence-corrected chi connectivity index (χ4v) is 3.42. The van der Waals surface area contributed by atoms with Crippen molar-refractivity contribution < 1.29 is 23.7 Å². The van der Waals surface area contributed by atoms with E-state index in [4.69, 9.17) is 18.9 Å². The summed E-state index contributed by atoms with van der Waals surface area (Å²) in [5, 5.41) is 0. The third-order valence-electron chi connectivity index (χ3n) is 3.53. The van der Waals surface area contributed by atoms with Gasteiger partial charge in [-0.2, -0.15) is 4.99 Å². The maximum atomic E-state index is 12.2. The van der Waals surface area contributed by atoms with E-state index in [1.807, 2.05) is 23.7 Å². The van der Waals surface area contributed by atoms with Gasteiger partial charge in [0.2, 0.25) is 5.76 Å². The third-order valence-corrected chi connectivity index (χ3v) is 4.63. The molecule has 2 aliphatic heterocycles. The van der Waals surface area contributed by atoms with Crippen molar-refractivity contribution in [1.29, 1.82) is 0 Å². The lowest BCUT2D eigenvalue weighted by Crippen LogP contribution is -2.18. The van der Waals surface area contributed by atoms with E-state index < -0.39 is 5.91 Å². The van der Waals surface area contributed by atoms with E-state index >= 15 is 0 Å². The molecular formula is C15H14N2O5S. The monoisotopic (exact) mass is 334 g/mol. The molecule has 0 fully saturated rings. The number of carbonyl (C=O) groups is 1. The molecule has 7 nitrogen and oxygen atoms in total. The van der Waals surface area contributed by atoms with E-state index in [9.17, 15) is 4.79 Å². The number of thiazole rings is 1. The number of amides is 1. The van der Waals surface area contributed by atoms with Crippen molar-refractivity contribution in [2.75, 3.05) is 26.4 Å². The molecular weight excluding hydrogens is 320 g/mol. The summed E-state index contributed by atoms with van der Waals surface area (Å²) in [5.41, 5.74) is 0.931. The molecule has 0 N–H and O–H groups in total. The number of hydrogen-bond acceptors (Lipinski definition) is 6. The van der Waals surface area contributed by atoms with Crippen LogP contribution in [0.25, 0.3) is 10.2 Å². The molecule has 4 rings (SSSR count). The number of carbonyl (C=O) groups excluding carboxylic acids is 1. The molecule has 0 saturated carbocycles. The summed E-state index contributed by atoms with van der Waals surface area (Å²) in [6, 6.07) is 3.82. The second-order valence-electron chi connectivity index (χ2n) is 5.03. The van der Waals surface area contributed by atoms with E-state index in [-0.39, 0.29) is 5.76 Å². The molecule has 2 aliphatic rings. The van der Waals surface area contributed by atoms with Crippen molar-refractivity contribution in [3.63, 3.8) is 0 Å². The summed E-state index contributed by atoms with van der Waals surface area (Å²) in [6.07, 6.45) is 1.31. The zero-order valence-electron chi connectivity index (χ0n) is 12.4. The fraction of sp³-hybridized carbons (Fsp3) is 0.333.